The van der Waals surface area contributed by atoms with Crippen molar-refractivity contribution in [1.82, 2.24) is 9.97 Å². The summed E-state index contributed by atoms with van der Waals surface area (Å²) in [5.41, 5.74) is -2.87. The number of thioether (sulfide) groups is 1. The summed E-state index contributed by atoms with van der Waals surface area (Å²) >= 11 is -0.122. The molecule has 2 aromatic rings. The molecule has 16 heavy (non-hydrogen) atoms. The molecule has 6 heteroatoms. The van der Waals surface area contributed by atoms with Crippen molar-refractivity contribution >= 4 is 11.8 Å². The third kappa shape index (κ3) is 2.79. The van der Waals surface area contributed by atoms with E-state index in [0.717, 1.165) is 0 Å². The minimum absolute atomic E-state index is 0.122. The molecular formula is C10H7F3N2S. The number of alkyl halides is 3. The molecule has 0 spiro atoms. The number of nitrogens with zero attached hydrogens (tertiary/aromatic N) is 1. The molecule has 2 nitrogen and oxygen atoms in total. The zero-order chi connectivity index (χ0) is 11.6. The van der Waals surface area contributed by atoms with Gasteiger partial charge in [-0.2, -0.15) is 13.2 Å². The molecule has 1 heterocycles. The predicted octanol–water partition coefficient (Wildman–Crippen LogP) is 3.69. The number of imidazole rings is 1. The van der Waals surface area contributed by atoms with Crippen LogP contribution in [-0.4, -0.2) is 15.5 Å². The smallest absolute Gasteiger partial charge is 0.345 e. The Morgan fingerprint density at radius 2 is 2.06 bits per heavy atom. The lowest BCUT2D eigenvalue weighted by molar-refractivity contribution is -0.0328. The Hall–Kier alpha value is -1.43. The van der Waals surface area contributed by atoms with Crippen LogP contribution in [0.15, 0.2) is 41.7 Å². The third-order valence-corrected chi connectivity index (χ3v) is 2.60. The summed E-state index contributed by atoms with van der Waals surface area (Å²) in [4.78, 5) is 6.83. The van der Waals surface area contributed by atoms with Crippen LogP contribution < -0.4 is 0 Å². The van der Waals surface area contributed by atoms with Crippen molar-refractivity contribution in [3.8, 4) is 11.3 Å². The first kappa shape index (κ1) is 11.1. The van der Waals surface area contributed by atoms with Crippen molar-refractivity contribution in [3.63, 3.8) is 0 Å². The van der Waals surface area contributed by atoms with E-state index < -0.39 is 5.51 Å². The molecule has 0 saturated carbocycles. The molecule has 0 bridgehead atoms. The monoisotopic (exact) mass is 244 g/mol. The fourth-order valence-corrected chi connectivity index (χ4v) is 1.87. The molecule has 0 unspecified atom stereocenters. The Balaban J connectivity index is 2.27. The maximum absolute atomic E-state index is 12.2. The van der Waals surface area contributed by atoms with Crippen LogP contribution in [0.3, 0.4) is 0 Å². The van der Waals surface area contributed by atoms with E-state index in [2.05, 4.69) is 9.97 Å². The molecule has 0 saturated heterocycles. The lowest BCUT2D eigenvalue weighted by atomic mass is 10.2. The number of nitrogens with one attached hydrogen (secondary N) is 1. The molecule has 0 aliphatic rings. The highest BCUT2D eigenvalue weighted by Crippen LogP contribution is 2.37. The Labute approximate surface area is 93.9 Å². The van der Waals surface area contributed by atoms with Crippen LogP contribution in [0.4, 0.5) is 13.2 Å². The van der Waals surface area contributed by atoms with Crippen LogP contribution in [0.25, 0.3) is 11.3 Å². The Morgan fingerprint density at radius 3 is 2.69 bits per heavy atom. The quantitative estimate of drug-likeness (QED) is 0.816. The second-order valence-corrected chi connectivity index (χ2v) is 4.18. The first-order valence-electron chi connectivity index (χ1n) is 4.39. The molecule has 1 N–H and O–H groups in total. The summed E-state index contributed by atoms with van der Waals surface area (Å²) in [5, 5.41) is 0. The number of aromatic amines is 1. The molecule has 1 aromatic heterocycles. The molecule has 84 valence electrons. The standard InChI is InChI=1S/C10H7F3N2S/c11-10(12,13)16-8-3-1-2-7(4-8)9-5-14-6-15-9/h1-6H,(H,14,15). The topological polar surface area (TPSA) is 28.7 Å². The number of rotatable bonds is 2. The average molecular weight is 244 g/mol. The summed E-state index contributed by atoms with van der Waals surface area (Å²) in [6.45, 7) is 0. The zero-order valence-electron chi connectivity index (χ0n) is 7.95. The highest BCUT2D eigenvalue weighted by Gasteiger charge is 2.29. The molecule has 0 fully saturated rings. The van der Waals surface area contributed by atoms with Crippen LogP contribution in [-0.2, 0) is 0 Å². The number of H-pyrrole nitrogens is 1. The molecule has 0 amide bonds. The van der Waals surface area contributed by atoms with E-state index in [1.165, 1.54) is 18.5 Å². The minimum atomic E-state index is -4.26. The van der Waals surface area contributed by atoms with Crippen molar-refractivity contribution in [2.24, 2.45) is 0 Å². The van der Waals surface area contributed by atoms with Crippen LogP contribution in [0.2, 0.25) is 0 Å². The lowest BCUT2D eigenvalue weighted by Gasteiger charge is -2.06. The van der Waals surface area contributed by atoms with E-state index in [9.17, 15) is 13.2 Å². The number of aromatic nitrogens is 2. The predicted molar refractivity (Wildman–Crippen MR) is 55.9 cm³/mol. The van der Waals surface area contributed by atoms with Gasteiger partial charge in [0.05, 0.1) is 18.2 Å². The van der Waals surface area contributed by atoms with E-state index in [0.29, 0.717) is 11.3 Å². The number of hydrogen-bond donors (Lipinski definition) is 1. The Bertz CT molecular complexity index is 465. The highest BCUT2D eigenvalue weighted by molar-refractivity contribution is 8.00. The van der Waals surface area contributed by atoms with Gasteiger partial charge < -0.3 is 4.98 Å². The fourth-order valence-electron chi connectivity index (χ4n) is 1.27. The summed E-state index contributed by atoms with van der Waals surface area (Å²) in [6, 6.07) is 6.22. The highest BCUT2D eigenvalue weighted by atomic mass is 32.2. The molecule has 1 aromatic carbocycles. The molecular weight excluding hydrogens is 237 g/mol. The van der Waals surface area contributed by atoms with Gasteiger partial charge in [-0.05, 0) is 23.9 Å². The number of hydrogen-bond acceptors (Lipinski definition) is 2. The maximum Gasteiger partial charge on any atom is 0.446 e. The van der Waals surface area contributed by atoms with Gasteiger partial charge >= 0.3 is 5.51 Å². The van der Waals surface area contributed by atoms with Crippen molar-refractivity contribution in [2.75, 3.05) is 0 Å². The lowest BCUT2D eigenvalue weighted by Crippen LogP contribution is -1.98. The van der Waals surface area contributed by atoms with Crippen molar-refractivity contribution in [3.05, 3.63) is 36.8 Å². The molecule has 0 aliphatic heterocycles. The van der Waals surface area contributed by atoms with Crippen molar-refractivity contribution in [2.45, 2.75) is 10.4 Å². The van der Waals surface area contributed by atoms with Gasteiger partial charge in [0.2, 0.25) is 0 Å². The van der Waals surface area contributed by atoms with Gasteiger partial charge in [0.1, 0.15) is 0 Å². The van der Waals surface area contributed by atoms with E-state index in [1.54, 1.807) is 18.3 Å². The van der Waals surface area contributed by atoms with Crippen molar-refractivity contribution in [1.29, 1.82) is 0 Å². The molecule has 2 rings (SSSR count). The van der Waals surface area contributed by atoms with Gasteiger partial charge in [-0.1, -0.05) is 12.1 Å². The van der Waals surface area contributed by atoms with Crippen LogP contribution in [0, 0.1) is 0 Å². The average Bonchev–Trinajstić information content (AvgIpc) is 2.68. The maximum atomic E-state index is 12.2. The second-order valence-electron chi connectivity index (χ2n) is 3.04. The number of halogens is 3. The van der Waals surface area contributed by atoms with Gasteiger partial charge in [-0.15, -0.1) is 0 Å². The van der Waals surface area contributed by atoms with Gasteiger partial charge in [0.25, 0.3) is 0 Å². The van der Waals surface area contributed by atoms with E-state index >= 15 is 0 Å². The van der Waals surface area contributed by atoms with E-state index in [1.807, 2.05) is 0 Å². The van der Waals surface area contributed by atoms with E-state index in [-0.39, 0.29) is 16.7 Å². The largest absolute Gasteiger partial charge is 0.446 e. The third-order valence-electron chi connectivity index (χ3n) is 1.88. The minimum Gasteiger partial charge on any atom is -0.345 e. The van der Waals surface area contributed by atoms with Gasteiger partial charge in [-0.25, -0.2) is 4.98 Å². The Morgan fingerprint density at radius 1 is 1.25 bits per heavy atom. The van der Waals surface area contributed by atoms with Crippen LogP contribution in [0.1, 0.15) is 0 Å². The first-order valence-corrected chi connectivity index (χ1v) is 5.21. The Kier molecular flexibility index (Phi) is 2.91. The first-order chi connectivity index (χ1) is 7.54. The summed E-state index contributed by atoms with van der Waals surface area (Å²) < 4.78 is 36.5. The van der Waals surface area contributed by atoms with Crippen LogP contribution >= 0.6 is 11.8 Å². The fraction of sp³-hybridized carbons (Fsp3) is 0.100. The molecule has 0 aliphatic carbocycles. The normalized spacial score (nSPS) is 11.7. The second kappa shape index (κ2) is 4.21. The molecule has 0 atom stereocenters. The summed E-state index contributed by atoms with van der Waals surface area (Å²) in [5.74, 6) is 0. The van der Waals surface area contributed by atoms with Gasteiger partial charge in [0, 0.05) is 10.5 Å². The summed E-state index contributed by atoms with van der Waals surface area (Å²) in [7, 11) is 0. The molecule has 0 radical (unpaired) electrons. The van der Waals surface area contributed by atoms with Crippen LogP contribution in [0.5, 0.6) is 0 Å². The van der Waals surface area contributed by atoms with Gasteiger partial charge in [-0.3, -0.25) is 0 Å². The SMILES string of the molecule is FC(F)(F)Sc1cccc(-c2cnc[nH]2)c1. The zero-order valence-corrected chi connectivity index (χ0v) is 8.77. The van der Waals surface area contributed by atoms with E-state index in [4.69, 9.17) is 0 Å². The number of benzene rings is 1. The van der Waals surface area contributed by atoms with Gasteiger partial charge in [0.15, 0.2) is 0 Å². The van der Waals surface area contributed by atoms with Crippen molar-refractivity contribution < 1.29 is 13.2 Å². The summed E-state index contributed by atoms with van der Waals surface area (Å²) in [6.07, 6.45) is 3.05.